The molecule has 1 N–H and O–H groups in total. The molecular formula is C12H11NO2. The standard InChI is InChI=1S/C12H11NO2/c14-11-6-7-13-8-12(11)15-9-10-4-2-1-3-5-10/h1-8H,9H2,(H,13,14). The molecule has 76 valence electrons. The number of H-pyrrole nitrogens is 1. The predicted octanol–water partition coefficient (Wildman–Crippen LogP) is 1.95. The van der Waals surface area contributed by atoms with Crippen LogP contribution in [0.25, 0.3) is 0 Å². The van der Waals surface area contributed by atoms with Crippen molar-refractivity contribution >= 4 is 0 Å². The summed E-state index contributed by atoms with van der Waals surface area (Å²) in [5.74, 6) is 0.348. The first kappa shape index (κ1) is 9.52. The SMILES string of the molecule is O=c1cc[nH]cc1OCc1ccccc1. The van der Waals surface area contributed by atoms with E-state index < -0.39 is 0 Å². The van der Waals surface area contributed by atoms with Crippen molar-refractivity contribution in [1.82, 2.24) is 4.98 Å². The van der Waals surface area contributed by atoms with Gasteiger partial charge in [-0.25, -0.2) is 0 Å². The van der Waals surface area contributed by atoms with Gasteiger partial charge < -0.3 is 9.72 Å². The number of aromatic amines is 1. The van der Waals surface area contributed by atoms with E-state index in [1.54, 1.807) is 12.4 Å². The summed E-state index contributed by atoms with van der Waals surface area (Å²) < 4.78 is 5.38. The van der Waals surface area contributed by atoms with Gasteiger partial charge in [0.1, 0.15) is 6.61 Å². The van der Waals surface area contributed by atoms with Gasteiger partial charge in [0.25, 0.3) is 0 Å². The van der Waals surface area contributed by atoms with E-state index in [4.69, 9.17) is 4.74 Å². The van der Waals surface area contributed by atoms with Gasteiger partial charge in [0.2, 0.25) is 5.43 Å². The molecule has 0 saturated heterocycles. The van der Waals surface area contributed by atoms with Crippen LogP contribution in [-0.2, 0) is 6.61 Å². The first-order valence-corrected chi connectivity index (χ1v) is 4.70. The van der Waals surface area contributed by atoms with Crippen molar-refractivity contribution in [2.75, 3.05) is 0 Å². The molecule has 1 heterocycles. The van der Waals surface area contributed by atoms with Gasteiger partial charge >= 0.3 is 0 Å². The van der Waals surface area contributed by atoms with Crippen molar-refractivity contribution in [3.63, 3.8) is 0 Å². The minimum Gasteiger partial charge on any atom is -0.483 e. The van der Waals surface area contributed by atoms with Crippen LogP contribution in [0.4, 0.5) is 0 Å². The van der Waals surface area contributed by atoms with Crippen LogP contribution in [0.15, 0.2) is 53.6 Å². The summed E-state index contributed by atoms with van der Waals surface area (Å²) in [6.45, 7) is 0.411. The molecule has 0 amide bonds. The quantitative estimate of drug-likeness (QED) is 0.824. The van der Waals surface area contributed by atoms with Crippen molar-refractivity contribution in [2.24, 2.45) is 0 Å². The number of rotatable bonds is 3. The molecule has 0 bridgehead atoms. The Kier molecular flexibility index (Phi) is 2.83. The second-order valence-electron chi connectivity index (χ2n) is 3.15. The van der Waals surface area contributed by atoms with Gasteiger partial charge in [-0.05, 0) is 5.56 Å². The normalized spacial score (nSPS) is 9.87. The molecule has 15 heavy (non-hydrogen) atoms. The highest BCUT2D eigenvalue weighted by Crippen LogP contribution is 2.05. The third kappa shape index (κ3) is 2.47. The predicted molar refractivity (Wildman–Crippen MR) is 57.8 cm³/mol. The number of ether oxygens (including phenoxy) is 1. The van der Waals surface area contributed by atoms with Crippen molar-refractivity contribution in [2.45, 2.75) is 6.61 Å². The van der Waals surface area contributed by atoms with Crippen LogP contribution in [-0.4, -0.2) is 4.98 Å². The smallest absolute Gasteiger partial charge is 0.223 e. The Bertz CT molecular complexity index is 476. The maximum atomic E-state index is 11.3. The van der Waals surface area contributed by atoms with E-state index >= 15 is 0 Å². The number of aromatic nitrogens is 1. The Morgan fingerprint density at radius 2 is 1.93 bits per heavy atom. The molecule has 3 heteroatoms. The zero-order valence-corrected chi connectivity index (χ0v) is 8.14. The number of hydrogen-bond acceptors (Lipinski definition) is 2. The monoisotopic (exact) mass is 201 g/mol. The molecule has 0 fully saturated rings. The summed E-state index contributed by atoms with van der Waals surface area (Å²) in [5.41, 5.74) is 0.936. The van der Waals surface area contributed by atoms with Crippen molar-refractivity contribution in [1.29, 1.82) is 0 Å². The van der Waals surface area contributed by atoms with Gasteiger partial charge in [-0.15, -0.1) is 0 Å². The first-order valence-electron chi connectivity index (χ1n) is 4.70. The third-order valence-electron chi connectivity index (χ3n) is 2.03. The fourth-order valence-electron chi connectivity index (χ4n) is 1.25. The van der Waals surface area contributed by atoms with Crippen molar-refractivity contribution in [3.8, 4) is 5.75 Å². The average Bonchev–Trinajstić information content (AvgIpc) is 2.29. The molecule has 0 aliphatic heterocycles. The molecule has 0 saturated carbocycles. The van der Waals surface area contributed by atoms with E-state index in [0.717, 1.165) is 5.56 Å². The lowest BCUT2D eigenvalue weighted by Crippen LogP contribution is -2.06. The van der Waals surface area contributed by atoms with E-state index in [1.165, 1.54) is 6.07 Å². The lowest BCUT2D eigenvalue weighted by Gasteiger charge is -2.04. The van der Waals surface area contributed by atoms with E-state index in [1.807, 2.05) is 30.3 Å². The third-order valence-corrected chi connectivity index (χ3v) is 2.03. The van der Waals surface area contributed by atoms with E-state index in [-0.39, 0.29) is 5.43 Å². The van der Waals surface area contributed by atoms with Gasteiger partial charge in [0.05, 0.1) is 0 Å². The fourth-order valence-corrected chi connectivity index (χ4v) is 1.25. The summed E-state index contributed by atoms with van der Waals surface area (Å²) in [4.78, 5) is 14.1. The highest BCUT2D eigenvalue weighted by molar-refractivity contribution is 5.18. The molecule has 0 unspecified atom stereocenters. The van der Waals surface area contributed by atoms with Crippen LogP contribution in [0.3, 0.4) is 0 Å². The zero-order valence-electron chi connectivity index (χ0n) is 8.14. The second-order valence-corrected chi connectivity index (χ2v) is 3.15. The van der Waals surface area contributed by atoms with Crippen LogP contribution in [0, 0.1) is 0 Å². The molecule has 0 aliphatic carbocycles. The van der Waals surface area contributed by atoms with Crippen molar-refractivity contribution in [3.05, 3.63) is 64.6 Å². The van der Waals surface area contributed by atoms with E-state index in [0.29, 0.717) is 12.4 Å². The Balaban J connectivity index is 2.06. The topological polar surface area (TPSA) is 42.1 Å². The van der Waals surface area contributed by atoms with E-state index in [2.05, 4.69) is 4.98 Å². The van der Waals surface area contributed by atoms with Crippen LogP contribution in [0.2, 0.25) is 0 Å². The minimum atomic E-state index is -0.107. The number of nitrogens with one attached hydrogen (secondary N) is 1. The van der Waals surface area contributed by atoms with Gasteiger partial charge in [0.15, 0.2) is 5.75 Å². The molecule has 0 spiro atoms. The number of hydrogen-bond donors (Lipinski definition) is 1. The maximum absolute atomic E-state index is 11.3. The largest absolute Gasteiger partial charge is 0.483 e. The Labute approximate surface area is 87.3 Å². The number of pyridine rings is 1. The van der Waals surface area contributed by atoms with E-state index in [9.17, 15) is 4.79 Å². The van der Waals surface area contributed by atoms with Crippen LogP contribution in [0.1, 0.15) is 5.56 Å². The fraction of sp³-hybridized carbons (Fsp3) is 0.0833. The van der Waals surface area contributed by atoms with Gasteiger partial charge in [-0.2, -0.15) is 0 Å². The Hall–Kier alpha value is -2.03. The first-order chi connectivity index (χ1) is 7.36. The highest BCUT2D eigenvalue weighted by atomic mass is 16.5. The zero-order chi connectivity index (χ0) is 10.5. The molecule has 1 aromatic carbocycles. The van der Waals surface area contributed by atoms with Gasteiger partial charge in [-0.3, -0.25) is 4.79 Å². The summed E-state index contributed by atoms with van der Waals surface area (Å²) in [5, 5.41) is 0. The molecule has 1 aromatic heterocycles. The second kappa shape index (κ2) is 4.46. The minimum absolute atomic E-state index is 0.107. The molecule has 2 rings (SSSR count). The summed E-state index contributed by atoms with van der Waals surface area (Å²) in [6.07, 6.45) is 3.14. The Morgan fingerprint density at radius 1 is 1.13 bits per heavy atom. The molecule has 0 aliphatic rings. The maximum Gasteiger partial charge on any atom is 0.223 e. The average molecular weight is 201 g/mol. The van der Waals surface area contributed by atoms with Gasteiger partial charge in [0, 0.05) is 18.5 Å². The van der Waals surface area contributed by atoms with Crippen LogP contribution in [0.5, 0.6) is 5.75 Å². The molecule has 3 nitrogen and oxygen atoms in total. The summed E-state index contributed by atoms with van der Waals surface area (Å²) >= 11 is 0. The van der Waals surface area contributed by atoms with Crippen LogP contribution >= 0.6 is 0 Å². The lowest BCUT2D eigenvalue weighted by molar-refractivity contribution is 0.302. The molecule has 0 atom stereocenters. The van der Waals surface area contributed by atoms with Crippen molar-refractivity contribution < 1.29 is 4.74 Å². The molecule has 0 radical (unpaired) electrons. The highest BCUT2D eigenvalue weighted by Gasteiger charge is 1.98. The molecular weight excluding hydrogens is 190 g/mol. The summed E-state index contributed by atoms with van der Waals surface area (Å²) in [7, 11) is 0. The van der Waals surface area contributed by atoms with Crippen LogP contribution < -0.4 is 10.2 Å². The summed E-state index contributed by atoms with van der Waals surface area (Å²) in [6, 6.07) is 11.2. The van der Waals surface area contributed by atoms with Gasteiger partial charge in [-0.1, -0.05) is 30.3 Å². The lowest BCUT2D eigenvalue weighted by atomic mass is 10.2. The molecule has 2 aromatic rings. The number of benzene rings is 1. The Morgan fingerprint density at radius 3 is 2.67 bits per heavy atom.